The van der Waals surface area contributed by atoms with Gasteiger partial charge in [0.1, 0.15) is 17.6 Å². The Morgan fingerprint density at radius 2 is 1.72 bits per heavy atom. The van der Waals surface area contributed by atoms with Crippen LogP contribution >= 0.6 is 0 Å². The number of benzene rings is 2. The molecule has 0 aliphatic heterocycles. The third-order valence-electron chi connectivity index (χ3n) is 4.94. The van der Waals surface area contributed by atoms with Gasteiger partial charge >= 0.3 is 6.09 Å². The number of carbonyl (C=O) groups excluding carboxylic acids is 3. The van der Waals surface area contributed by atoms with Crippen molar-refractivity contribution in [1.29, 1.82) is 0 Å². The highest BCUT2D eigenvalue weighted by Crippen LogP contribution is 2.17. The fourth-order valence-electron chi connectivity index (χ4n) is 3.30. The maximum absolute atomic E-state index is 12.9. The van der Waals surface area contributed by atoms with E-state index in [-0.39, 0.29) is 11.7 Å². The monoisotopic (exact) mass is 433 g/mol. The van der Waals surface area contributed by atoms with Gasteiger partial charge in [-0.2, -0.15) is 0 Å². The van der Waals surface area contributed by atoms with Crippen LogP contribution in [0.3, 0.4) is 0 Å². The smallest absolute Gasteiger partial charge is 0.410 e. The first-order chi connectivity index (χ1) is 15.5. The van der Waals surface area contributed by atoms with Crippen LogP contribution in [0.4, 0.5) is 10.5 Å². The first-order valence-corrected chi connectivity index (χ1v) is 10.7. The molecule has 0 fully saturated rings. The average molecular weight is 434 g/mol. The summed E-state index contributed by atoms with van der Waals surface area (Å²) in [5, 5.41) is 6.40. The summed E-state index contributed by atoms with van der Waals surface area (Å²) in [6.45, 7) is 1.56. The van der Waals surface area contributed by atoms with Crippen molar-refractivity contribution in [2.75, 3.05) is 5.32 Å². The second-order valence-electron chi connectivity index (χ2n) is 7.61. The van der Waals surface area contributed by atoms with Crippen LogP contribution in [0.25, 0.3) is 10.9 Å². The molecule has 7 heteroatoms. The van der Waals surface area contributed by atoms with Crippen molar-refractivity contribution >= 4 is 34.4 Å². The normalized spacial score (nSPS) is 11.5. The van der Waals surface area contributed by atoms with Crippen LogP contribution in [-0.2, 0) is 9.59 Å². The van der Waals surface area contributed by atoms with Gasteiger partial charge in [-0.25, -0.2) is 4.79 Å². The van der Waals surface area contributed by atoms with Crippen LogP contribution in [0.2, 0.25) is 0 Å². The number of unbranched alkanes of at least 4 members (excludes halogenated alkanes) is 2. The van der Waals surface area contributed by atoms with Gasteiger partial charge in [0.05, 0.1) is 17.4 Å². The van der Waals surface area contributed by atoms with Gasteiger partial charge in [0.25, 0.3) is 0 Å². The van der Waals surface area contributed by atoms with Crippen LogP contribution in [0.15, 0.2) is 66.9 Å². The number of nitrogens with zero attached hydrogens (tertiary/aromatic N) is 1. The lowest BCUT2D eigenvalue weighted by Gasteiger charge is -2.18. The Labute approximate surface area is 187 Å². The molecule has 32 heavy (non-hydrogen) atoms. The molecular weight excluding hydrogens is 406 g/mol. The predicted molar refractivity (Wildman–Crippen MR) is 124 cm³/mol. The SMILES string of the molecule is CC(=O)CCCCC[C@H](NC(=O)Oc1ccccc1)C(=O)Nc1cnc2ccccc2c1. The van der Waals surface area contributed by atoms with Gasteiger partial charge in [-0.05, 0) is 44.0 Å². The van der Waals surface area contributed by atoms with Gasteiger partial charge in [-0.15, -0.1) is 0 Å². The molecule has 0 saturated heterocycles. The van der Waals surface area contributed by atoms with Crippen molar-refractivity contribution in [1.82, 2.24) is 10.3 Å². The van der Waals surface area contributed by atoms with Gasteiger partial charge in [0.15, 0.2) is 0 Å². The lowest BCUT2D eigenvalue weighted by molar-refractivity contribution is -0.118. The average Bonchev–Trinajstić information content (AvgIpc) is 2.78. The summed E-state index contributed by atoms with van der Waals surface area (Å²) in [6, 6.07) is 17.3. The highest BCUT2D eigenvalue weighted by Gasteiger charge is 2.22. The summed E-state index contributed by atoms with van der Waals surface area (Å²) in [7, 11) is 0. The van der Waals surface area contributed by atoms with E-state index in [4.69, 9.17) is 4.74 Å². The number of fused-ring (bicyclic) bond motifs is 1. The van der Waals surface area contributed by atoms with E-state index >= 15 is 0 Å². The van der Waals surface area contributed by atoms with Gasteiger partial charge in [0.2, 0.25) is 5.91 Å². The van der Waals surface area contributed by atoms with Gasteiger partial charge < -0.3 is 20.2 Å². The summed E-state index contributed by atoms with van der Waals surface area (Å²) in [5.74, 6) is 0.190. The molecule has 7 nitrogen and oxygen atoms in total. The molecule has 166 valence electrons. The number of hydrogen-bond acceptors (Lipinski definition) is 5. The lowest BCUT2D eigenvalue weighted by atomic mass is 10.1. The molecule has 0 aliphatic carbocycles. The van der Waals surface area contributed by atoms with E-state index in [1.54, 1.807) is 37.4 Å². The van der Waals surface area contributed by atoms with E-state index in [1.807, 2.05) is 36.4 Å². The maximum Gasteiger partial charge on any atom is 0.413 e. The maximum atomic E-state index is 12.9. The number of amides is 2. The van der Waals surface area contributed by atoms with Crippen LogP contribution in [0, 0.1) is 0 Å². The van der Waals surface area contributed by atoms with Crippen molar-refractivity contribution in [3.63, 3.8) is 0 Å². The summed E-state index contributed by atoms with van der Waals surface area (Å²) >= 11 is 0. The predicted octanol–water partition coefficient (Wildman–Crippen LogP) is 4.87. The number of anilines is 1. The molecular formula is C25H27N3O4. The molecule has 1 heterocycles. The number of Topliss-reactive ketones (excluding diaryl/α,β-unsaturated/α-hetero) is 1. The van der Waals surface area contributed by atoms with Crippen LogP contribution < -0.4 is 15.4 Å². The topological polar surface area (TPSA) is 97.4 Å². The first kappa shape index (κ1) is 22.9. The minimum absolute atomic E-state index is 0.146. The molecule has 0 bridgehead atoms. The summed E-state index contributed by atoms with van der Waals surface area (Å²) in [4.78, 5) is 40.8. The second kappa shape index (κ2) is 11.6. The fraction of sp³-hybridized carbons (Fsp3) is 0.280. The Bertz CT molecular complexity index is 1070. The van der Waals surface area contributed by atoms with Crippen molar-refractivity contribution in [2.45, 2.75) is 45.1 Å². The van der Waals surface area contributed by atoms with Gasteiger partial charge in [-0.3, -0.25) is 9.78 Å². The molecule has 1 atom stereocenters. The summed E-state index contributed by atoms with van der Waals surface area (Å²) < 4.78 is 5.27. The number of para-hydroxylation sites is 2. The number of ketones is 1. The van der Waals surface area contributed by atoms with Crippen LogP contribution in [0.1, 0.15) is 39.0 Å². The second-order valence-corrected chi connectivity index (χ2v) is 7.61. The zero-order chi connectivity index (χ0) is 22.8. The zero-order valence-electron chi connectivity index (χ0n) is 18.0. The number of pyridine rings is 1. The molecule has 3 aromatic rings. The van der Waals surface area contributed by atoms with E-state index in [0.29, 0.717) is 30.7 Å². The molecule has 2 aromatic carbocycles. The Balaban J connectivity index is 1.64. The standard InChI is InChI=1S/C25H27N3O4/c1-18(29)10-4-2-7-15-23(28-25(31)32-21-12-5-3-6-13-21)24(30)27-20-16-19-11-8-9-14-22(19)26-17-20/h3,5-6,8-9,11-14,16-17,23H,2,4,7,10,15H2,1H3,(H,27,30)(H,28,31)/t23-/m0/s1. The fourth-order valence-corrected chi connectivity index (χ4v) is 3.30. The van der Waals surface area contributed by atoms with Crippen molar-refractivity contribution in [2.24, 2.45) is 0 Å². The molecule has 1 aromatic heterocycles. The van der Waals surface area contributed by atoms with Gasteiger partial charge in [0, 0.05) is 11.8 Å². The Kier molecular flexibility index (Phi) is 8.31. The Morgan fingerprint density at radius 3 is 2.50 bits per heavy atom. The van der Waals surface area contributed by atoms with Crippen molar-refractivity contribution < 1.29 is 19.1 Å². The molecule has 3 rings (SSSR count). The summed E-state index contributed by atoms with van der Waals surface area (Å²) in [6.07, 6.45) is 4.07. The highest BCUT2D eigenvalue weighted by atomic mass is 16.6. The van der Waals surface area contributed by atoms with E-state index in [9.17, 15) is 14.4 Å². The third-order valence-corrected chi connectivity index (χ3v) is 4.94. The molecule has 0 radical (unpaired) electrons. The Morgan fingerprint density at radius 1 is 0.969 bits per heavy atom. The number of ether oxygens (including phenoxy) is 1. The highest BCUT2D eigenvalue weighted by molar-refractivity contribution is 5.97. The molecule has 2 N–H and O–H groups in total. The number of rotatable bonds is 10. The molecule has 0 spiro atoms. The van der Waals surface area contributed by atoms with Crippen molar-refractivity contribution in [3.05, 3.63) is 66.9 Å². The lowest BCUT2D eigenvalue weighted by Crippen LogP contribution is -2.45. The Hall–Kier alpha value is -3.74. The number of carbonyl (C=O) groups is 3. The third kappa shape index (κ3) is 7.19. The van der Waals surface area contributed by atoms with Crippen LogP contribution in [-0.4, -0.2) is 28.8 Å². The molecule has 0 aliphatic rings. The quantitative estimate of drug-likeness (QED) is 0.445. The zero-order valence-corrected chi connectivity index (χ0v) is 18.0. The van der Waals surface area contributed by atoms with Gasteiger partial charge in [-0.1, -0.05) is 49.2 Å². The molecule has 0 saturated carbocycles. The number of hydrogen-bond donors (Lipinski definition) is 2. The summed E-state index contributed by atoms with van der Waals surface area (Å²) in [5.41, 5.74) is 1.38. The molecule has 2 amide bonds. The van der Waals surface area contributed by atoms with E-state index in [0.717, 1.165) is 23.7 Å². The molecule has 0 unspecified atom stereocenters. The minimum atomic E-state index is -0.782. The van der Waals surface area contributed by atoms with E-state index < -0.39 is 12.1 Å². The van der Waals surface area contributed by atoms with Crippen molar-refractivity contribution in [3.8, 4) is 5.75 Å². The number of nitrogens with one attached hydrogen (secondary N) is 2. The largest absolute Gasteiger partial charge is 0.413 e. The van der Waals surface area contributed by atoms with Crippen LogP contribution in [0.5, 0.6) is 5.75 Å². The van der Waals surface area contributed by atoms with E-state index in [2.05, 4.69) is 15.6 Å². The minimum Gasteiger partial charge on any atom is -0.410 e. The first-order valence-electron chi connectivity index (χ1n) is 10.7. The van der Waals surface area contributed by atoms with E-state index in [1.165, 1.54) is 0 Å². The number of aromatic nitrogens is 1.